The van der Waals surface area contributed by atoms with Gasteiger partial charge in [-0.15, -0.1) is 0 Å². The number of nitrogens with zero attached hydrogens (tertiary/aromatic N) is 2. The van der Waals surface area contributed by atoms with Crippen LogP contribution in [0.25, 0.3) is 5.69 Å². The molecule has 1 aliphatic carbocycles. The van der Waals surface area contributed by atoms with Crippen LogP contribution in [0.5, 0.6) is 0 Å². The van der Waals surface area contributed by atoms with Gasteiger partial charge in [-0.3, -0.25) is 9.36 Å². The fourth-order valence-corrected chi connectivity index (χ4v) is 4.58. The number of hydrogen-bond donors (Lipinski definition) is 1. The largest absolute Gasteiger partial charge is 0.416 e. The lowest BCUT2D eigenvalue weighted by atomic mass is 9.90. The van der Waals surface area contributed by atoms with Crippen molar-refractivity contribution in [3.8, 4) is 5.69 Å². The number of alkyl halides is 3. The van der Waals surface area contributed by atoms with Crippen LogP contribution in [0.2, 0.25) is 0 Å². The molecule has 162 valence electrons. The number of nitrogens with one attached hydrogen (secondary N) is 1. The van der Waals surface area contributed by atoms with Gasteiger partial charge < -0.3 is 14.8 Å². The van der Waals surface area contributed by atoms with Gasteiger partial charge in [0.1, 0.15) is 0 Å². The van der Waals surface area contributed by atoms with E-state index in [1.807, 2.05) is 0 Å². The summed E-state index contributed by atoms with van der Waals surface area (Å²) in [6.07, 6.45) is 1.98. The molecule has 0 unspecified atom stereocenters. The highest BCUT2D eigenvalue weighted by atomic mass is 32.2. The average Bonchev–Trinajstić information content (AvgIpc) is 3.38. The van der Waals surface area contributed by atoms with Gasteiger partial charge in [-0.1, -0.05) is 11.8 Å². The molecule has 1 saturated carbocycles. The Balaban J connectivity index is 1.30. The number of benzene rings is 1. The van der Waals surface area contributed by atoms with Crippen molar-refractivity contribution in [3.05, 3.63) is 42.2 Å². The molecule has 1 saturated heterocycles. The number of halogens is 3. The molecule has 0 atom stereocenters. The number of thioether (sulfide) groups is 1. The monoisotopic (exact) mass is 441 g/mol. The van der Waals surface area contributed by atoms with Crippen LogP contribution in [-0.4, -0.2) is 46.3 Å². The van der Waals surface area contributed by atoms with Crippen LogP contribution in [0.15, 0.2) is 41.8 Å². The van der Waals surface area contributed by atoms with E-state index in [4.69, 9.17) is 9.47 Å². The van der Waals surface area contributed by atoms with Crippen LogP contribution < -0.4 is 5.32 Å². The molecule has 6 nitrogen and oxygen atoms in total. The molecule has 1 aromatic carbocycles. The van der Waals surface area contributed by atoms with Crippen molar-refractivity contribution in [3.63, 3.8) is 0 Å². The maximum Gasteiger partial charge on any atom is 0.416 e. The van der Waals surface area contributed by atoms with E-state index in [2.05, 4.69) is 10.3 Å². The lowest BCUT2D eigenvalue weighted by Crippen LogP contribution is -2.44. The molecule has 1 N–H and O–H groups in total. The Hall–Kier alpha value is -2.04. The molecule has 2 fully saturated rings. The molecule has 10 heteroatoms. The summed E-state index contributed by atoms with van der Waals surface area (Å²) in [5.41, 5.74) is -0.153. The summed E-state index contributed by atoms with van der Waals surface area (Å²) in [7, 11) is 0. The molecule has 0 radical (unpaired) electrons. The minimum Gasteiger partial charge on any atom is -0.353 e. The van der Waals surface area contributed by atoms with Crippen molar-refractivity contribution in [1.29, 1.82) is 0 Å². The van der Waals surface area contributed by atoms with Crippen LogP contribution in [0, 0.1) is 0 Å². The van der Waals surface area contributed by atoms with Crippen LogP contribution in [0.3, 0.4) is 0 Å². The number of hydrogen-bond acceptors (Lipinski definition) is 5. The summed E-state index contributed by atoms with van der Waals surface area (Å²) in [6.45, 7) is 1.25. The minimum atomic E-state index is -4.38. The van der Waals surface area contributed by atoms with E-state index in [1.54, 1.807) is 17.0 Å². The van der Waals surface area contributed by atoms with E-state index in [0.29, 0.717) is 24.1 Å². The van der Waals surface area contributed by atoms with Gasteiger partial charge >= 0.3 is 6.18 Å². The smallest absolute Gasteiger partial charge is 0.353 e. The number of rotatable bonds is 5. The van der Waals surface area contributed by atoms with Gasteiger partial charge in [0, 0.05) is 37.0 Å². The zero-order valence-electron chi connectivity index (χ0n) is 16.2. The van der Waals surface area contributed by atoms with E-state index in [9.17, 15) is 18.0 Å². The molecule has 2 heterocycles. The lowest BCUT2D eigenvalue weighted by molar-refractivity contribution is -0.179. The van der Waals surface area contributed by atoms with E-state index >= 15 is 0 Å². The van der Waals surface area contributed by atoms with Gasteiger partial charge in [0.15, 0.2) is 10.9 Å². The first-order valence-corrected chi connectivity index (χ1v) is 10.7. The first-order chi connectivity index (χ1) is 14.3. The second-order valence-corrected chi connectivity index (χ2v) is 8.31. The van der Waals surface area contributed by atoms with Gasteiger partial charge in [-0.2, -0.15) is 13.2 Å². The maximum atomic E-state index is 12.7. The molecule has 1 aliphatic heterocycles. The molecular weight excluding hydrogens is 419 g/mol. The number of amides is 1. The zero-order chi connectivity index (χ0) is 21.2. The predicted octanol–water partition coefficient (Wildman–Crippen LogP) is 3.79. The first kappa shape index (κ1) is 21.2. The molecular formula is C20H22F3N3O3S. The molecule has 30 heavy (non-hydrogen) atoms. The standard InChI is InChI=1S/C20H22F3N3O3S/c21-20(22,23)14-1-3-16(4-2-14)26-10-9-24-18(26)30-13-17(27)25-15-5-7-19(8-6-15)28-11-12-29-19/h1-4,9-10,15H,5-8,11-13H2,(H,25,27). The third-order valence-corrected chi connectivity index (χ3v) is 6.30. The van der Waals surface area contributed by atoms with Crippen LogP contribution in [0.4, 0.5) is 13.2 Å². The molecule has 2 aromatic rings. The Bertz CT molecular complexity index is 869. The number of carbonyl (C=O) groups is 1. The number of aromatic nitrogens is 2. The lowest BCUT2D eigenvalue weighted by Gasteiger charge is -2.35. The quantitative estimate of drug-likeness (QED) is 0.716. The molecule has 4 rings (SSSR count). The van der Waals surface area contributed by atoms with Crippen LogP contribution >= 0.6 is 11.8 Å². The number of imidazole rings is 1. The Kier molecular flexibility index (Phi) is 6.08. The minimum absolute atomic E-state index is 0.0891. The summed E-state index contributed by atoms with van der Waals surface area (Å²) in [4.78, 5) is 16.6. The number of ether oxygens (including phenoxy) is 2. The van der Waals surface area contributed by atoms with Gasteiger partial charge in [-0.25, -0.2) is 4.98 Å². The van der Waals surface area contributed by atoms with Gasteiger partial charge in [0.25, 0.3) is 0 Å². The molecule has 1 spiro atoms. The second kappa shape index (κ2) is 8.60. The Morgan fingerprint density at radius 1 is 1.20 bits per heavy atom. The predicted molar refractivity (Wildman–Crippen MR) is 104 cm³/mol. The third kappa shape index (κ3) is 4.81. The maximum absolute atomic E-state index is 12.7. The third-order valence-electron chi connectivity index (χ3n) is 5.34. The Morgan fingerprint density at radius 3 is 2.50 bits per heavy atom. The topological polar surface area (TPSA) is 65.4 Å². The number of carbonyl (C=O) groups excluding carboxylic acids is 1. The summed E-state index contributed by atoms with van der Waals surface area (Å²) in [5.74, 6) is -0.384. The molecule has 1 amide bonds. The van der Waals surface area contributed by atoms with E-state index in [-0.39, 0.29) is 17.7 Å². The van der Waals surface area contributed by atoms with Crippen molar-refractivity contribution in [2.75, 3.05) is 19.0 Å². The molecule has 2 aliphatic rings. The van der Waals surface area contributed by atoms with Crippen LogP contribution in [-0.2, 0) is 20.4 Å². The Labute approximate surface area is 176 Å². The van der Waals surface area contributed by atoms with Crippen molar-refractivity contribution < 1.29 is 27.4 Å². The fourth-order valence-electron chi connectivity index (χ4n) is 3.79. The van der Waals surface area contributed by atoms with Crippen molar-refractivity contribution in [2.45, 2.75) is 48.8 Å². The van der Waals surface area contributed by atoms with E-state index in [1.165, 1.54) is 23.9 Å². The Morgan fingerprint density at radius 2 is 1.87 bits per heavy atom. The highest BCUT2D eigenvalue weighted by molar-refractivity contribution is 7.99. The van der Waals surface area contributed by atoms with Crippen molar-refractivity contribution in [1.82, 2.24) is 14.9 Å². The van der Waals surface area contributed by atoms with Gasteiger partial charge in [-0.05, 0) is 37.1 Å². The summed E-state index contributed by atoms with van der Waals surface area (Å²) in [5, 5.41) is 3.58. The summed E-state index contributed by atoms with van der Waals surface area (Å²) in [6, 6.07) is 4.93. The van der Waals surface area contributed by atoms with E-state index < -0.39 is 17.5 Å². The fraction of sp³-hybridized carbons (Fsp3) is 0.500. The average molecular weight is 441 g/mol. The highest BCUT2D eigenvalue weighted by Gasteiger charge is 2.40. The summed E-state index contributed by atoms with van der Waals surface area (Å²) >= 11 is 1.24. The molecule has 1 aromatic heterocycles. The zero-order valence-corrected chi connectivity index (χ0v) is 17.0. The molecule has 0 bridgehead atoms. The van der Waals surface area contributed by atoms with Gasteiger partial charge in [0.2, 0.25) is 5.91 Å². The normalized spacial score (nSPS) is 19.3. The van der Waals surface area contributed by atoms with Crippen LogP contribution in [0.1, 0.15) is 31.2 Å². The first-order valence-electron chi connectivity index (χ1n) is 9.76. The SMILES string of the molecule is O=C(CSc1nccn1-c1ccc(C(F)(F)F)cc1)NC1CCC2(CC1)OCCO2. The summed E-state index contributed by atoms with van der Waals surface area (Å²) < 4.78 is 51.3. The second-order valence-electron chi connectivity index (χ2n) is 7.36. The van der Waals surface area contributed by atoms with E-state index in [0.717, 1.165) is 37.8 Å². The van der Waals surface area contributed by atoms with Crippen molar-refractivity contribution >= 4 is 17.7 Å². The van der Waals surface area contributed by atoms with Crippen molar-refractivity contribution in [2.24, 2.45) is 0 Å². The van der Waals surface area contributed by atoms with Gasteiger partial charge in [0.05, 0.1) is 24.5 Å². The highest BCUT2D eigenvalue weighted by Crippen LogP contribution is 2.36.